The first kappa shape index (κ1) is 28.3. The SMILES string of the molecule is CC(C)OC(=O)[C@H](C)N.Cc1ncc(COP)c(CN)c1O.Oc1cccc2ccccc12. The molecule has 0 fully saturated rings. The van der Waals surface area contributed by atoms with E-state index in [9.17, 15) is 15.0 Å². The highest BCUT2D eigenvalue weighted by molar-refractivity contribution is 7.09. The van der Waals surface area contributed by atoms with E-state index >= 15 is 0 Å². The Balaban J connectivity index is 0.000000252. The van der Waals surface area contributed by atoms with Crippen LogP contribution in [-0.4, -0.2) is 33.3 Å². The summed E-state index contributed by atoms with van der Waals surface area (Å²) in [7, 11) is 2.15. The third-order valence-electron chi connectivity index (χ3n) is 4.36. The highest BCUT2D eigenvalue weighted by Gasteiger charge is 2.10. The van der Waals surface area contributed by atoms with Crippen LogP contribution < -0.4 is 11.5 Å². The van der Waals surface area contributed by atoms with E-state index in [-0.39, 0.29) is 17.8 Å². The molecule has 180 valence electrons. The molecule has 0 amide bonds. The number of phenolic OH excluding ortho intramolecular Hbond substituents is 1. The predicted molar refractivity (Wildman–Crippen MR) is 134 cm³/mol. The van der Waals surface area contributed by atoms with Gasteiger partial charge in [-0.05, 0) is 39.1 Å². The summed E-state index contributed by atoms with van der Waals surface area (Å²) in [6.45, 7) is 7.60. The van der Waals surface area contributed by atoms with Gasteiger partial charge < -0.3 is 30.9 Å². The molecular formula is C24H34N3O5P. The predicted octanol–water partition coefficient (Wildman–Crippen LogP) is 3.69. The first-order valence-corrected chi connectivity index (χ1v) is 10.9. The van der Waals surface area contributed by atoms with Crippen molar-refractivity contribution in [3.8, 4) is 11.5 Å². The molecular weight excluding hydrogens is 441 g/mol. The zero-order chi connectivity index (χ0) is 25.0. The molecule has 0 spiro atoms. The van der Waals surface area contributed by atoms with Crippen LogP contribution >= 0.6 is 9.47 Å². The van der Waals surface area contributed by atoms with Gasteiger partial charge in [-0.2, -0.15) is 0 Å². The van der Waals surface area contributed by atoms with Crippen molar-refractivity contribution in [1.82, 2.24) is 4.98 Å². The minimum atomic E-state index is -0.507. The van der Waals surface area contributed by atoms with Gasteiger partial charge in [0.2, 0.25) is 0 Å². The molecule has 3 rings (SSSR count). The lowest BCUT2D eigenvalue weighted by molar-refractivity contribution is -0.148. The van der Waals surface area contributed by atoms with Gasteiger partial charge in [0.1, 0.15) is 17.5 Å². The van der Waals surface area contributed by atoms with Crippen LogP contribution in [0.1, 0.15) is 37.6 Å². The van der Waals surface area contributed by atoms with Gasteiger partial charge in [0.05, 0.1) is 18.4 Å². The van der Waals surface area contributed by atoms with Crippen molar-refractivity contribution >= 4 is 26.2 Å². The Kier molecular flexibility index (Phi) is 12.3. The van der Waals surface area contributed by atoms with Gasteiger partial charge in [0.15, 0.2) is 0 Å². The van der Waals surface area contributed by atoms with Gasteiger partial charge in [-0.1, -0.05) is 36.4 Å². The summed E-state index contributed by atoms with van der Waals surface area (Å²) in [5.74, 6) is 0.176. The number of ether oxygens (including phenoxy) is 1. The van der Waals surface area contributed by atoms with Crippen LogP contribution in [0.5, 0.6) is 11.5 Å². The van der Waals surface area contributed by atoms with Crippen LogP contribution in [0.15, 0.2) is 48.7 Å². The number of rotatable bonds is 5. The molecule has 3 aromatic rings. The number of aromatic nitrogens is 1. The molecule has 0 aliphatic rings. The lowest BCUT2D eigenvalue weighted by Crippen LogP contribution is -2.30. The van der Waals surface area contributed by atoms with Crippen molar-refractivity contribution in [1.29, 1.82) is 0 Å². The second-order valence-corrected chi connectivity index (χ2v) is 7.82. The number of phenols is 1. The number of hydrogen-bond acceptors (Lipinski definition) is 8. The van der Waals surface area contributed by atoms with Gasteiger partial charge in [0.25, 0.3) is 0 Å². The average Bonchev–Trinajstić information content (AvgIpc) is 2.77. The number of esters is 1. The number of nitrogens with zero attached hydrogens (tertiary/aromatic N) is 1. The molecule has 0 radical (unpaired) electrons. The maximum Gasteiger partial charge on any atom is 0.322 e. The lowest BCUT2D eigenvalue weighted by Gasteiger charge is -2.09. The Bertz CT molecular complexity index is 1020. The molecule has 6 N–H and O–H groups in total. The summed E-state index contributed by atoms with van der Waals surface area (Å²) in [4.78, 5) is 14.6. The molecule has 0 aliphatic carbocycles. The number of nitrogens with two attached hydrogens (primary N) is 2. The standard InChI is InChI=1S/C10H8O.C8H13N2O2P.C6H13NO2/c11-10-7-3-5-8-4-1-2-6-9(8)10;1-5-8(11)7(2-9)6(3-10-5)4-12-13;1-4(2)9-6(8)5(3)7/h1-7,11H;3,11H,2,4,9,13H2,1H3;4-5H,7H2,1-3H3/t;;5-/m..0/s1. The fourth-order valence-corrected chi connectivity index (χ4v) is 2.85. The highest BCUT2D eigenvalue weighted by Crippen LogP contribution is 2.24. The number of carbonyl (C=O) groups is 1. The Morgan fingerprint density at radius 2 is 1.76 bits per heavy atom. The third-order valence-corrected chi connectivity index (χ3v) is 4.53. The van der Waals surface area contributed by atoms with Crippen molar-refractivity contribution in [2.24, 2.45) is 11.5 Å². The molecule has 2 aromatic carbocycles. The van der Waals surface area contributed by atoms with Crippen LogP contribution in [0.4, 0.5) is 0 Å². The Hall–Kier alpha value is -2.77. The van der Waals surface area contributed by atoms with Gasteiger partial charge in [0, 0.05) is 38.7 Å². The molecule has 8 nitrogen and oxygen atoms in total. The van der Waals surface area contributed by atoms with Crippen LogP contribution in [-0.2, 0) is 27.2 Å². The van der Waals surface area contributed by atoms with Gasteiger partial charge in [-0.25, -0.2) is 0 Å². The van der Waals surface area contributed by atoms with Crippen LogP contribution in [0.3, 0.4) is 0 Å². The van der Waals surface area contributed by atoms with Gasteiger partial charge >= 0.3 is 5.97 Å². The van der Waals surface area contributed by atoms with Crippen molar-refractivity contribution in [2.75, 3.05) is 0 Å². The van der Waals surface area contributed by atoms with Crippen molar-refractivity contribution < 1.29 is 24.3 Å². The molecule has 1 aromatic heterocycles. The molecule has 1 heterocycles. The van der Waals surface area contributed by atoms with E-state index in [1.807, 2.05) is 36.4 Å². The molecule has 0 saturated heterocycles. The lowest BCUT2D eigenvalue weighted by atomic mass is 10.1. The number of fused-ring (bicyclic) bond motifs is 1. The average molecular weight is 476 g/mol. The molecule has 1 unspecified atom stereocenters. The summed E-state index contributed by atoms with van der Waals surface area (Å²) < 4.78 is 9.62. The first-order chi connectivity index (χ1) is 15.6. The summed E-state index contributed by atoms with van der Waals surface area (Å²) >= 11 is 0. The molecule has 0 saturated carbocycles. The maximum atomic E-state index is 10.6. The molecule has 2 atom stereocenters. The van der Waals surface area contributed by atoms with E-state index in [0.717, 1.165) is 16.3 Å². The fraction of sp³-hybridized carbons (Fsp3) is 0.333. The van der Waals surface area contributed by atoms with Crippen molar-refractivity contribution in [3.63, 3.8) is 0 Å². The summed E-state index contributed by atoms with van der Waals surface area (Å²) in [6.07, 6.45) is 1.60. The first-order valence-electron chi connectivity index (χ1n) is 10.4. The van der Waals surface area contributed by atoms with Crippen LogP contribution in [0.2, 0.25) is 0 Å². The van der Waals surface area contributed by atoms with Gasteiger partial charge in [-0.3, -0.25) is 9.78 Å². The zero-order valence-electron chi connectivity index (χ0n) is 19.5. The minimum Gasteiger partial charge on any atom is -0.507 e. The second-order valence-electron chi connectivity index (χ2n) is 7.48. The van der Waals surface area contributed by atoms with E-state index in [1.165, 1.54) is 0 Å². The largest absolute Gasteiger partial charge is 0.507 e. The summed E-state index contributed by atoms with van der Waals surface area (Å²) in [5, 5.41) is 21.0. The van der Waals surface area contributed by atoms with Crippen molar-refractivity contribution in [2.45, 2.75) is 53.0 Å². The number of pyridine rings is 1. The summed E-state index contributed by atoms with van der Waals surface area (Å²) in [5.41, 5.74) is 12.8. The normalized spacial score (nSPS) is 11.2. The van der Waals surface area contributed by atoms with E-state index in [2.05, 4.69) is 14.5 Å². The second kappa shape index (κ2) is 14.4. The minimum absolute atomic E-state index is 0.0662. The van der Waals surface area contributed by atoms with E-state index in [0.29, 0.717) is 30.2 Å². The monoisotopic (exact) mass is 475 g/mol. The molecule has 33 heavy (non-hydrogen) atoms. The molecule has 9 heteroatoms. The maximum absolute atomic E-state index is 10.6. The molecule has 0 bridgehead atoms. The van der Waals surface area contributed by atoms with E-state index in [1.54, 1.807) is 40.0 Å². The Morgan fingerprint density at radius 3 is 2.27 bits per heavy atom. The van der Waals surface area contributed by atoms with E-state index < -0.39 is 6.04 Å². The smallest absolute Gasteiger partial charge is 0.322 e. The zero-order valence-corrected chi connectivity index (χ0v) is 20.6. The summed E-state index contributed by atoms with van der Waals surface area (Å²) in [6, 6.07) is 12.8. The van der Waals surface area contributed by atoms with E-state index in [4.69, 9.17) is 20.7 Å². The number of aryl methyl sites for hydroxylation is 1. The number of hydrogen-bond donors (Lipinski definition) is 4. The number of aromatic hydroxyl groups is 2. The number of benzene rings is 2. The number of carbonyl (C=O) groups excluding carboxylic acids is 1. The van der Waals surface area contributed by atoms with Gasteiger partial charge in [-0.15, -0.1) is 0 Å². The Morgan fingerprint density at radius 1 is 1.12 bits per heavy atom. The molecule has 0 aliphatic heterocycles. The van der Waals surface area contributed by atoms with Crippen LogP contribution in [0.25, 0.3) is 10.8 Å². The highest BCUT2D eigenvalue weighted by atomic mass is 31.0. The third kappa shape index (κ3) is 9.32. The quantitative estimate of drug-likeness (QED) is 0.323. The van der Waals surface area contributed by atoms with Crippen molar-refractivity contribution in [3.05, 3.63) is 65.5 Å². The Labute approximate surface area is 197 Å². The topological polar surface area (TPSA) is 141 Å². The van der Waals surface area contributed by atoms with Crippen LogP contribution in [0, 0.1) is 6.92 Å². The fourth-order valence-electron chi connectivity index (χ4n) is 2.67.